The Morgan fingerprint density at radius 1 is 1.25 bits per heavy atom. The number of nitrogens with one attached hydrogen (secondary N) is 1. The number of aromatic nitrogens is 5. The maximum Gasteiger partial charge on any atom is 0.329 e. The van der Waals surface area contributed by atoms with Gasteiger partial charge in [0.05, 0.1) is 39.4 Å². The highest BCUT2D eigenvalue weighted by Crippen LogP contribution is 2.27. The van der Waals surface area contributed by atoms with Gasteiger partial charge in [-0.2, -0.15) is 8.78 Å². The third-order valence-corrected chi connectivity index (χ3v) is 6.03. The lowest BCUT2D eigenvalue weighted by Crippen LogP contribution is -2.29. The molecule has 0 spiro atoms. The van der Waals surface area contributed by atoms with Crippen LogP contribution in [-0.4, -0.2) is 37.4 Å². The van der Waals surface area contributed by atoms with Crippen LogP contribution >= 0.6 is 15.9 Å². The van der Waals surface area contributed by atoms with E-state index in [-0.39, 0.29) is 28.6 Å². The summed E-state index contributed by atoms with van der Waals surface area (Å²) in [5.41, 5.74) is 1.74. The van der Waals surface area contributed by atoms with E-state index >= 15 is 0 Å². The van der Waals surface area contributed by atoms with Crippen molar-refractivity contribution < 1.29 is 17.6 Å². The number of imidazole rings is 1. The summed E-state index contributed by atoms with van der Waals surface area (Å²) in [5, 5.41) is 10.1. The molecular formula is C20H16BrF3N6O2. The van der Waals surface area contributed by atoms with Gasteiger partial charge in [-0.15, -0.1) is 10.2 Å². The highest BCUT2D eigenvalue weighted by molar-refractivity contribution is 9.10. The van der Waals surface area contributed by atoms with Crippen molar-refractivity contribution in [2.45, 2.75) is 25.4 Å². The first-order valence-corrected chi connectivity index (χ1v) is 10.6. The maximum atomic E-state index is 14.3. The average molecular weight is 509 g/mol. The largest absolute Gasteiger partial charge is 0.415 e. The van der Waals surface area contributed by atoms with Gasteiger partial charge < -0.3 is 9.73 Å². The molecule has 8 nitrogen and oxygen atoms in total. The van der Waals surface area contributed by atoms with Crippen molar-refractivity contribution in [2.75, 3.05) is 13.1 Å². The standard InChI is InChI=1S/C20H16BrF3N6O2/c21-13-5-16-15(6-14(13)22)29(20(31)30(16)12-3-4-25-8-12)9-11-2-1-10(7-26-11)18-27-28-19(32-18)17(23)24/h1-2,5-7,12,17,25H,3-4,8-9H2. The van der Waals surface area contributed by atoms with Crippen LogP contribution in [0.1, 0.15) is 30.5 Å². The Morgan fingerprint density at radius 3 is 2.75 bits per heavy atom. The number of hydrogen-bond acceptors (Lipinski definition) is 6. The minimum absolute atomic E-state index is 0.0273. The number of fused-ring (bicyclic) bond motifs is 1. The molecule has 1 atom stereocenters. The van der Waals surface area contributed by atoms with Crippen LogP contribution in [0.3, 0.4) is 0 Å². The number of hydrogen-bond donors (Lipinski definition) is 1. The van der Waals surface area contributed by atoms with Gasteiger partial charge in [0.25, 0.3) is 5.89 Å². The lowest BCUT2D eigenvalue weighted by atomic mass is 10.2. The van der Waals surface area contributed by atoms with E-state index in [1.165, 1.54) is 16.8 Å². The van der Waals surface area contributed by atoms with E-state index in [4.69, 9.17) is 4.42 Å². The minimum Gasteiger partial charge on any atom is -0.415 e. The third-order valence-electron chi connectivity index (χ3n) is 5.42. The van der Waals surface area contributed by atoms with Crippen LogP contribution in [0.2, 0.25) is 0 Å². The molecule has 166 valence electrons. The highest BCUT2D eigenvalue weighted by Gasteiger charge is 2.25. The van der Waals surface area contributed by atoms with Crippen LogP contribution in [0.4, 0.5) is 13.2 Å². The number of pyridine rings is 1. The van der Waals surface area contributed by atoms with Gasteiger partial charge in [0.2, 0.25) is 5.89 Å². The van der Waals surface area contributed by atoms with Crippen LogP contribution in [0.15, 0.2) is 44.1 Å². The Balaban J connectivity index is 1.51. The zero-order chi connectivity index (χ0) is 22.4. The normalized spacial score (nSPS) is 16.5. The van der Waals surface area contributed by atoms with E-state index in [2.05, 4.69) is 36.4 Å². The first kappa shape index (κ1) is 20.9. The molecule has 4 heterocycles. The number of alkyl halides is 2. The summed E-state index contributed by atoms with van der Waals surface area (Å²) in [6.45, 7) is 1.57. The molecule has 1 saturated heterocycles. The first-order valence-electron chi connectivity index (χ1n) is 9.79. The van der Waals surface area contributed by atoms with Crippen molar-refractivity contribution in [3.63, 3.8) is 0 Å². The molecule has 0 radical (unpaired) electrons. The van der Waals surface area contributed by atoms with E-state index < -0.39 is 18.1 Å². The van der Waals surface area contributed by atoms with Crippen LogP contribution in [0, 0.1) is 5.82 Å². The average Bonchev–Trinajstić information content (AvgIpc) is 3.51. The van der Waals surface area contributed by atoms with Gasteiger partial charge in [-0.05, 0) is 47.1 Å². The summed E-state index contributed by atoms with van der Waals surface area (Å²) in [6, 6.07) is 6.14. The number of halogens is 4. The molecule has 0 saturated carbocycles. The second-order valence-electron chi connectivity index (χ2n) is 7.42. The van der Waals surface area contributed by atoms with Crippen molar-refractivity contribution in [1.29, 1.82) is 0 Å². The molecular weight excluding hydrogens is 493 g/mol. The second-order valence-corrected chi connectivity index (χ2v) is 8.28. The Labute approximate surface area is 187 Å². The van der Waals surface area contributed by atoms with Crippen molar-refractivity contribution in [3.8, 4) is 11.5 Å². The summed E-state index contributed by atoms with van der Waals surface area (Å²) in [4.78, 5) is 17.6. The van der Waals surface area contributed by atoms with E-state index in [0.717, 1.165) is 13.0 Å². The molecule has 1 N–H and O–H groups in total. The maximum absolute atomic E-state index is 14.3. The van der Waals surface area contributed by atoms with Crippen molar-refractivity contribution in [3.05, 3.63) is 62.8 Å². The van der Waals surface area contributed by atoms with Crippen molar-refractivity contribution in [1.82, 2.24) is 29.6 Å². The lowest BCUT2D eigenvalue weighted by Gasteiger charge is -2.10. The monoisotopic (exact) mass is 508 g/mol. The van der Waals surface area contributed by atoms with Gasteiger partial charge in [-0.25, -0.2) is 9.18 Å². The van der Waals surface area contributed by atoms with Gasteiger partial charge >= 0.3 is 12.1 Å². The lowest BCUT2D eigenvalue weighted by molar-refractivity contribution is 0.116. The van der Waals surface area contributed by atoms with Crippen molar-refractivity contribution in [2.24, 2.45) is 0 Å². The van der Waals surface area contributed by atoms with Gasteiger partial charge in [0.15, 0.2) is 0 Å². The van der Waals surface area contributed by atoms with Gasteiger partial charge in [-0.1, -0.05) is 0 Å². The fraction of sp³-hybridized carbons (Fsp3) is 0.300. The van der Waals surface area contributed by atoms with Gasteiger partial charge in [0.1, 0.15) is 5.82 Å². The third kappa shape index (κ3) is 3.62. The molecule has 0 amide bonds. The summed E-state index contributed by atoms with van der Waals surface area (Å²) < 4.78 is 48.0. The second kappa shape index (κ2) is 8.17. The van der Waals surface area contributed by atoms with E-state index in [1.54, 1.807) is 22.8 Å². The summed E-state index contributed by atoms with van der Waals surface area (Å²) in [6.07, 6.45) is -0.658. The molecule has 0 aliphatic carbocycles. The fourth-order valence-corrected chi connectivity index (χ4v) is 4.21. The molecule has 3 aromatic heterocycles. The predicted octanol–water partition coefficient (Wildman–Crippen LogP) is 3.67. The molecule has 5 rings (SSSR count). The van der Waals surface area contributed by atoms with Crippen LogP contribution in [0.5, 0.6) is 0 Å². The number of rotatable bonds is 5. The minimum atomic E-state index is -2.86. The molecule has 1 aromatic carbocycles. The van der Waals surface area contributed by atoms with E-state index in [9.17, 15) is 18.0 Å². The molecule has 32 heavy (non-hydrogen) atoms. The van der Waals surface area contributed by atoms with E-state index in [0.29, 0.717) is 28.8 Å². The number of benzene rings is 1. The van der Waals surface area contributed by atoms with Crippen LogP contribution in [0.25, 0.3) is 22.5 Å². The highest BCUT2D eigenvalue weighted by atomic mass is 79.9. The van der Waals surface area contributed by atoms with Crippen LogP contribution in [-0.2, 0) is 6.54 Å². The summed E-state index contributed by atoms with van der Waals surface area (Å²) in [7, 11) is 0. The number of nitrogens with zero attached hydrogens (tertiary/aromatic N) is 5. The molecule has 4 aromatic rings. The van der Waals surface area contributed by atoms with Gasteiger partial charge in [-0.3, -0.25) is 14.1 Å². The zero-order valence-electron chi connectivity index (χ0n) is 16.4. The molecule has 1 unspecified atom stereocenters. The van der Waals surface area contributed by atoms with Crippen LogP contribution < -0.4 is 11.0 Å². The molecule has 12 heteroatoms. The van der Waals surface area contributed by atoms with Crippen molar-refractivity contribution >= 4 is 27.0 Å². The smallest absolute Gasteiger partial charge is 0.329 e. The molecule has 1 aliphatic rings. The first-order chi connectivity index (χ1) is 15.4. The Hall–Kier alpha value is -2.99. The molecule has 1 fully saturated rings. The fourth-order valence-electron chi connectivity index (χ4n) is 3.88. The molecule has 0 bridgehead atoms. The quantitative estimate of drug-likeness (QED) is 0.442. The predicted molar refractivity (Wildman–Crippen MR) is 112 cm³/mol. The molecule has 1 aliphatic heterocycles. The topological polar surface area (TPSA) is 90.8 Å². The van der Waals surface area contributed by atoms with E-state index in [1.807, 2.05) is 0 Å². The zero-order valence-corrected chi connectivity index (χ0v) is 18.0. The Bertz CT molecular complexity index is 1340. The Kier molecular flexibility index (Phi) is 5.33. The summed E-state index contributed by atoms with van der Waals surface area (Å²) in [5.74, 6) is -1.31. The Morgan fingerprint density at radius 2 is 2.09 bits per heavy atom. The SMILES string of the molecule is O=c1n(Cc2ccc(-c3nnc(C(F)F)o3)cn2)c2cc(F)c(Br)cc2n1C1CCNC1. The van der Waals surface area contributed by atoms with Gasteiger partial charge in [0, 0.05) is 18.8 Å². The summed E-state index contributed by atoms with van der Waals surface area (Å²) >= 11 is 3.21.